The highest BCUT2D eigenvalue weighted by Gasteiger charge is 2.20. The predicted molar refractivity (Wildman–Crippen MR) is 57.4 cm³/mol. The summed E-state index contributed by atoms with van der Waals surface area (Å²) in [5.41, 5.74) is 0. The minimum Gasteiger partial charge on any atom is -0.469 e. The quantitative estimate of drug-likeness (QED) is 0.795. The zero-order valence-electron chi connectivity index (χ0n) is 8.83. The van der Waals surface area contributed by atoms with Gasteiger partial charge in [0, 0.05) is 12.0 Å². The monoisotopic (exact) mass is 193 g/mol. The molecule has 2 atom stereocenters. The van der Waals surface area contributed by atoms with Crippen LogP contribution in [0.25, 0.3) is 0 Å². The van der Waals surface area contributed by atoms with Crippen LogP contribution in [0.2, 0.25) is 0 Å². The van der Waals surface area contributed by atoms with Gasteiger partial charge in [-0.2, -0.15) is 0 Å². The molecule has 2 heterocycles. The van der Waals surface area contributed by atoms with Crippen LogP contribution in [-0.2, 0) is 0 Å². The van der Waals surface area contributed by atoms with Gasteiger partial charge in [-0.1, -0.05) is 6.92 Å². The van der Waals surface area contributed by atoms with E-state index in [-0.39, 0.29) is 0 Å². The summed E-state index contributed by atoms with van der Waals surface area (Å²) in [7, 11) is 0. The summed E-state index contributed by atoms with van der Waals surface area (Å²) in [5, 5.41) is 3.54. The Balaban J connectivity index is 1.93. The van der Waals surface area contributed by atoms with Crippen molar-refractivity contribution >= 4 is 0 Å². The van der Waals surface area contributed by atoms with Gasteiger partial charge in [0.25, 0.3) is 0 Å². The Morgan fingerprint density at radius 3 is 3.14 bits per heavy atom. The van der Waals surface area contributed by atoms with E-state index in [4.69, 9.17) is 4.42 Å². The van der Waals surface area contributed by atoms with E-state index in [0.717, 1.165) is 5.76 Å². The van der Waals surface area contributed by atoms with E-state index in [1.807, 2.05) is 6.07 Å². The van der Waals surface area contributed by atoms with Crippen LogP contribution in [0.15, 0.2) is 22.8 Å². The van der Waals surface area contributed by atoms with Gasteiger partial charge in [-0.3, -0.25) is 0 Å². The molecule has 1 aliphatic heterocycles. The molecule has 0 bridgehead atoms. The van der Waals surface area contributed by atoms with Gasteiger partial charge in [-0.05, 0) is 44.4 Å². The van der Waals surface area contributed by atoms with Crippen molar-refractivity contribution < 1.29 is 4.42 Å². The molecular formula is C12H19NO. The Labute approximate surface area is 85.7 Å². The molecular weight excluding hydrogens is 174 g/mol. The van der Waals surface area contributed by atoms with Crippen LogP contribution in [0.4, 0.5) is 0 Å². The van der Waals surface area contributed by atoms with Crippen molar-refractivity contribution in [1.29, 1.82) is 0 Å². The molecule has 1 N–H and O–H groups in total. The summed E-state index contributed by atoms with van der Waals surface area (Å²) in [5.74, 6) is 1.75. The van der Waals surface area contributed by atoms with E-state index in [9.17, 15) is 0 Å². The van der Waals surface area contributed by atoms with Crippen molar-refractivity contribution in [2.45, 2.75) is 44.6 Å². The minimum absolute atomic E-state index is 0.598. The Kier molecular flexibility index (Phi) is 3.25. The van der Waals surface area contributed by atoms with Crippen LogP contribution in [0.5, 0.6) is 0 Å². The maximum atomic E-state index is 5.47. The molecule has 0 aromatic carbocycles. The highest BCUT2D eigenvalue weighted by molar-refractivity contribution is 5.05. The predicted octanol–water partition coefficient (Wildman–Crippen LogP) is 2.92. The molecule has 14 heavy (non-hydrogen) atoms. The van der Waals surface area contributed by atoms with Crippen molar-refractivity contribution in [3.63, 3.8) is 0 Å². The SMILES string of the molecule is CCC(CC1CCCN1)c1ccco1. The van der Waals surface area contributed by atoms with Crippen molar-refractivity contribution in [2.24, 2.45) is 0 Å². The summed E-state index contributed by atoms with van der Waals surface area (Å²) >= 11 is 0. The van der Waals surface area contributed by atoms with Crippen LogP contribution >= 0.6 is 0 Å². The van der Waals surface area contributed by atoms with Crippen LogP contribution in [-0.4, -0.2) is 12.6 Å². The molecule has 1 fully saturated rings. The smallest absolute Gasteiger partial charge is 0.106 e. The fourth-order valence-electron chi connectivity index (χ4n) is 2.31. The summed E-state index contributed by atoms with van der Waals surface area (Å²) in [4.78, 5) is 0. The Morgan fingerprint density at radius 1 is 1.64 bits per heavy atom. The molecule has 0 spiro atoms. The molecule has 0 amide bonds. The lowest BCUT2D eigenvalue weighted by molar-refractivity contribution is 0.403. The van der Waals surface area contributed by atoms with Crippen molar-refractivity contribution in [3.8, 4) is 0 Å². The standard InChI is InChI=1S/C12H19NO/c1-2-10(12-6-4-8-14-12)9-11-5-3-7-13-11/h4,6,8,10-11,13H,2-3,5,7,9H2,1H3. The highest BCUT2D eigenvalue weighted by atomic mass is 16.3. The first-order chi connectivity index (χ1) is 6.90. The fraction of sp³-hybridized carbons (Fsp3) is 0.667. The third-order valence-corrected chi connectivity index (χ3v) is 3.17. The Bertz CT molecular complexity index is 249. The first-order valence-corrected chi connectivity index (χ1v) is 5.67. The van der Waals surface area contributed by atoms with Gasteiger partial charge in [0.05, 0.1) is 6.26 Å². The lowest BCUT2D eigenvalue weighted by Crippen LogP contribution is -2.23. The van der Waals surface area contributed by atoms with Crippen LogP contribution in [0, 0.1) is 0 Å². The maximum Gasteiger partial charge on any atom is 0.106 e. The van der Waals surface area contributed by atoms with E-state index >= 15 is 0 Å². The second-order valence-corrected chi connectivity index (χ2v) is 4.15. The molecule has 2 heteroatoms. The van der Waals surface area contributed by atoms with Gasteiger partial charge in [-0.15, -0.1) is 0 Å². The highest BCUT2D eigenvalue weighted by Crippen LogP contribution is 2.27. The van der Waals surface area contributed by atoms with Gasteiger partial charge < -0.3 is 9.73 Å². The summed E-state index contributed by atoms with van der Waals surface area (Å²) in [6.45, 7) is 3.43. The van der Waals surface area contributed by atoms with Crippen molar-refractivity contribution in [1.82, 2.24) is 5.32 Å². The van der Waals surface area contributed by atoms with Gasteiger partial charge >= 0.3 is 0 Å². The van der Waals surface area contributed by atoms with E-state index in [1.165, 1.54) is 32.2 Å². The number of furan rings is 1. The van der Waals surface area contributed by atoms with Gasteiger partial charge in [0.15, 0.2) is 0 Å². The lowest BCUT2D eigenvalue weighted by Gasteiger charge is -2.17. The fourth-order valence-corrected chi connectivity index (χ4v) is 2.31. The molecule has 78 valence electrons. The van der Waals surface area contributed by atoms with Crippen LogP contribution in [0.1, 0.15) is 44.3 Å². The van der Waals surface area contributed by atoms with Gasteiger partial charge in [-0.25, -0.2) is 0 Å². The third kappa shape index (κ3) is 2.18. The maximum absolute atomic E-state index is 5.47. The second kappa shape index (κ2) is 4.65. The van der Waals surface area contributed by atoms with E-state index in [1.54, 1.807) is 6.26 Å². The first-order valence-electron chi connectivity index (χ1n) is 5.67. The molecule has 2 unspecified atom stereocenters. The summed E-state index contributed by atoms with van der Waals surface area (Å²) in [6.07, 6.45) is 6.84. The molecule has 2 nitrogen and oxygen atoms in total. The number of hydrogen-bond donors (Lipinski definition) is 1. The van der Waals surface area contributed by atoms with E-state index in [0.29, 0.717) is 12.0 Å². The molecule has 1 saturated heterocycles. The zero-order chi connectivity index (χ0) is 9.80. The van der Waals surface area contributed by atoms with E-state index in [2.05, 4.69) is 18.3 Å². The number of rotatable bonds is 4. The molecule has 1 aliphatic rings. The number of nitrogens with one attached hydrogen (secondary N) is 1. The molecule has 1 aromatic rings. The molecule has 0 saturated carbocycles. The second-order valence-electron chi connectivity index (χ2n) is 4.15. The molecule has 0 aliphatic carbocycles. The first kappa shape index (κ1) is 9.78. The van der Waals surface area contributed by atoms with Crippen LogP contribution < -0.4 is 5.32 Å². The Hall–Kier alpha value is -0.760. The summed E-state index contributed by atoms with van der Waals surface area (Å²) in [6, 6.07) is 4.80. The van der Waals surface area contributed by atoms with Gasteiger partial charge in [0.2, 0.25) is 0 Å². The minimum atomic E-state index is 0.598. The van der Waals surface area contributed by atoms with E-state index < -0.39 is 0 Å². The summed E-state index contributed by atoms with van der Waals surface area (Å²) < 4.78 is 5.47. The Morgan fingerprint density at radius 2 is 2.57 bits per heavy atom. The number of hydrogen-bond acceptors (Lipinski definition) is 2. The normalized spacial score (nSPS) is 23.9. The molecule has 2 rings (SSSR count). The van der Waals surface area contributed by atoms with Crippen LogP contribution in [0.3, 0.4) is 0 Å². The van der Waals surface area contributed by atoms with Crippen molar-refractivity contribution in [2.75, 3.05) is 6.54 Å². The average molecular weight is 193 g/mol. The van der Waals surface area contributed by atoms with Crippen molar-refractivity contribution in [3.05, 3.63) is 24.2 Å². The largest absolute Gasteiger partial charge is 0.469 e. The zero-order valence-corrected chi connectivity index (χ0v) is 8.83. The third-order valence-electron chi connectivity index (χ3n) is 3.17. The topological polar surface area (TPSA) is 25.2 Å². The molecule has 0 radical (unpaired) electrons. The molecule has 1 aromatic heterocycles. The van der Waals surface area contributed by atoms with Gasteiger partial charge in [0.1, 0.15) is 5.76 Å². The lowest BCUT2D eigenvalue weighted by atomic mass is 9.94. The average Bonchev–Trinajstić information content (AvgIpc) is 2.86.